The number of amides is 2. The molecule has 0 atom stereocenters. The maximum Gasteiger partial charge on any atom is 0.325 e. The van der Waals surface area contributed by atoms with Gasteiger partial charge in [0.05, 0.1) is 0 Å². The van der Waals surface area contributed by atoms with Gasteiger partial charge in [0.1, 0.15) is 12.2 Å². The molecule has 2 amide bonds. The van der Waals surface area contributed by atoms with Crippen LogP contribution in [0.15, 0.2) is 36.5 Å². The summed E-state index contributed by atoms with van der Waals surface area (Å²) >= 11 is 5.77. The Balaban J connectivity index is 1.78. The number of para-hydroxylation sites is 1. The minimum atomic E-state index is -0.739. The third-order valence-corrected chi connectivity index (χ3v) is 3.69. The predicted molar refractivity (Wildman–Crippen MR) is 97.1 cm³/mol. The molecular formula is C18H18ClN3O4. The van der Waals surface area contributed by atoms with Crippen LogP contribution >= 0.6 is 11.6 Å². The van der Waals surface area contributed by atoms with Gasteiger partial charge in [0.15, 0.2) is 6.61 Å². The number of carbonyl (C=O) groups is 3. The van der Waals surface area contributed by atoms with Crippen LogP contribution in [0.2, 0.25) is 5.02 Å². The van der Waals surface area contributed by atoms with Gasteiger partial charge in [-0.25, -0.2) is 0 Å². The van der Waals surface area contributed by atoms with Crippen molar-refractivity contribution in [1.29, 1.82) is 0 Å². The van der Waals surface area contributed by atoms with Gasteiger partial charge in [-0.2, -0.15) is 0 Å². The van der Waals surface area contributed by atoms with Crippen molar-refractivity contribution in [2.24, 2.45) is 0 Å². The zero-order valence-electron chi connectivity index (χ0n) is 14.3. The van der Waals surface area contributed by atoms with Crippen LogP contribution in [0.1, 0.15) is 21.6 Å². The molecule has 0 spiro atoms. The molecule has 1 heterocycles. The Morgan fingerprint density at radius 3 is 2.50 bits per heavy atom. The number of rotatable bonds is 6. The minimum Gasteiger partial charge on any atom is -0.454 e. The van der Waals surface area contributed by atoms with Gasteiger partial charge in [0.2, 0.25) is 0 Å². The second kappa shape index (κ2) is 8.96. The number of esters is 1. The lowest BCUT2D eigenvalue weighted by Gasteiger charge is -2.11. The Hall–Kier alpha value is -2.93. The number of benzene rings is 1. The topological polar surface area (TPSA) is 97.4 Å². The Morgan fingerprint density at radius 1 is 1.15 bits per heavy atom. The Morgan fingerprint density at radius 2 is 1.85 bits per heavy atom. The molecule has 2 aromatic rings. The first kappa shape index (κ1) is 19.4. The third kappa shape index (κ3) is 5.56. The number of halogens is 1. The van der Waals surface area contributed by atoms with Gasteiger partial charge in [-0.3, -0.25) is 19.4 Å². The van der Waals surface area contributed by atoms with Crippen LogP contribution in [0.5, 0.6) is 0 Å². The second-order valence-corrected chi connectivity index (χ2v) is 5.95. The molecule has 0 aliphatic heterocycles. The quantitative estimate of drug-likeness (QED) is 0.755. The smallest absolute Gasteiger partial charge is 0.325 e. The zero-order valence-corrected chi connectivity index (χ0v) is 15.1. The number of anilines is 1. The normalized spacial score (nSPS) is 10.1. The van der Waals surface area contributed by atoms with Gasteiger partial charge in [-0.05, 0) is 37.1 Å². The Labute approximate surface area is 155 Å². The second-order valence-electron chi connectivity index (χ2n) is 5.52. The van der Waals surface area contributed by atoms with E-state index in [1.54, 1.807) is 0 Å². The Bertz CT molecular complexity index is 819. The molecular weight excluding hydrogens is 358 g/mol. The first-order valence-electron chi connectivity index (χ1n) is 7.78. The van der Waals surface area contributed by atoms with Gasteiger partial charge < -0.3 is 15.4 Å². The van der Waals surface area contributed by atoms with Gasteiger partial charge >= 0.3 is 5.97 Å². The fourth-order valence-electron chi connectivity index (χ4n) is 2.16. The van der Waals surface area contributed by atoms with E-state index in [1.807, 2.05) is 32.0 Å². The number of carbonyl (C=O) groups excluding carboxylic acids is 3. The van der Waals surface area contributed by atoms with Crippen molar-refractivity contribution in [3.05, 3.63) is 58.4 Å². The molecule has 0 aliphatic rings. The van der Waals surface area contributed by atoms with Crippen LogP contribution < -0.4 is 10.6 Å². The maximum atomic E-state index is 11.9. The summed E-state index contributed by atoms with van der Waals surface area (Å²) in [6.07, 6.45) is 1.38. The summed E-state index contributed by atoms with van der Waals surface area (Å²) < 4.78 is 4.85. The summed E-state index contributed by atoms with van der Waals surface area (Å²) in [5, 5.41) is 5.41. The van der Waals surface area contributed by atoms with E-state index in [2.05, 4.69) is 15.6 Å². The molecule has 136 valence electrons. The molecule has 2 rings (SSSR count). The van der Waals surface area contributed by atoms with Crippen molar-refractivity contribution in [2.75, 3.05) is 18.5 Å². The SMILES string of the molecule is Cc1cccc(C)c1NC(=O)COC(=O)CNC(=O)c1cc(Cl)ccn1. The number of ether oxygens (including phenoxy) is 1. The molecule has 1 aromatic heterocycles. The molecule has 0 saturated carbocycles. The summed E-state index contributed by atoms with van der Waals surface area (Å²) in [6.45, 7) is 2.91. The van der Waals surface area contributed by atoms with Gasteiger partial charge in [-0.15, -0.1) is 0 Å². The minimum absolute atomic E-state index is 0.0815. The van der Waals surface area contributed by atoms with Crippen molar-refractivity contribution >= 4 is 35.1 Å². The lowest BCUT2D eigenvalue weighted by atomic mass is 10.1. The number of hydrogen-bond donors (Lipinski definition) is 2. The fraction of sp³-hybridized carbons (Fsp3) is 0.222. The summed E-state index contributed by atoms with van der Waals surface area (Å²) in [5.74, 6) is -1.76. The molecule has 0 unspecified atom stereocenters. The predicted octanol–water partition coefficient (Wildman–Crippen LogP) is 2.26. The third-order valence-electron chi connectivity index (χ3n) is 3.46. The fourth-order valence-corrected chi connectivity index (χ4v) is 2.32. The number of aromatic nitrogens is 1. The van der Waals surface area contributed by atoms with Crippen LogP contribution in [0.25, 0.3) is 0 Å². The molecule has 0 fully saturated rings. The van der Waals surface area contributed by atoms with E-state index in [4.69, 9.17) is 16.3 Å². The number of pyridine rings is 1. The van der Waals surface area contributed by atoms with E-state index in [1.165, 1.54) is 18.3 Å². The lowest BCUT2D eigenvalue weighted by molar-refractivity contribution is -0.146. The van der Waals surface area contributed by atoms with E-state index in [0.29, 0.717) is 10.7 Å². The van der Waals surface area contributed by atoms with Crippen LogP contribution in [0.3, 0.4) is 0 Å². The van der Waals surface area contributed by atoms with Crippen LogP contribution in [-0.2, 0) is 14.3 Å². The van der Waals surface area contributed by atoms with Crippen LogP contribution in [0, 0.1) is 13.8 Å². The van der Waals surface area contributed by atoms with E-state index in [0.717, 1.165) is 11.1 Å². The van der Waals surface area contributed by atoms with Gasteiger partial charge in [0.25, 0.3) is 11.8 Å². The molecule has 7 nitrogen and oxygen atoms in total. The lowest BCUT2D eigenvalue weighted by Crippen LogP contribution is -2.32. The highest BCUT2D eigenvalue weighted by atomic mass is 35.5. The Kier molecular flexibility index (Phi) is 6.68. The number of nitrogens with one attached hydrogen (secondary N) is 2. The first-order valence-corrected chi connectivity index (χ1v) is 8.16. The van der Waals surface area contributed by atoms with Crippen molar-refractivity contribution < 1.29 is 19.1 Å². The first-order chi connectivity index (χ1) is 12.4. The van der Waals surface area contributed by atoms with Gasteiger partial charge in [-0.1, -0.05) is 29.8 Å². The van der Waals surface area contributed by atoms with E-state index >= 15 is 0 Å². The molecule has 0 bridgehead atoms. The number of nitrogens with zero attached hydrogens (tertiary/aromatic N) is 1. The van der Waals surface area contributed by atoms with E-state index in [9.17, 15) is 14.4 Å². The number of aryl methyl sites for hydroxylation is 2. The van der Waals surface area contributed by atoms with Crippen molar-refractivity contribution in [1.82, 2.24) is 10.3 Å². The average molecular weight is 376 g/mol. The average Bonchev–Trinajstić information content (AvgIpc) is 2.61. The zero-order chi connectivity index (χ0) is 19.1. The van der Waals surface area contributed by atoms with Crippen LogP contribution in [-0.4, -0.2) is 35.9 Å². The highest BCUT2D eigenvalue weighted by Gasteiger charge is 2.13. The van der Waals surface area contributed by atoms with E-state index in [-0.39, 0.29) is 12.2 Å². The largest absolute Gasteiger partial charge is 0.454 e. The molecule has 2 N–H and O–H groups in total. The molecule has 1 aromatic carbocycles. The maximum absolute atomic E-state index is 11.9. The summed E-state index contributed by atoms with van der Waals surface area (Å²) in [7, 11) is 0. The van der Waals surface area contributed by atoms with Crippen molar-refractivity contribution in [3.63, 3.8) is 0 Å². The highest BCUT2D eigenvalue weighted by Crippen LogP contribution is 2.19. The molecule has 8 heteroatoms. The monoisotopic (exact) mass is 375 g/mol. The number of hydrogen-bond acceptors (Lipinski definition) is 5. The standard InChI is InChI=1S/C18H18ClN3O4/c1-11-4-3-5-12(2)17(11)22-15(23)10-26-16(24)9-21-18(25)14-8-13(19)6-7-20-14/h3-8H,9-10H2,1-2H3,(H,21,25)(H,22,23). The summed E-state index contributed by atoms with van der Waals surface area (Å²) in [5.41, 5.74) is 2.59. The van der Waals surface area contributed by atoms with Crippen LogP contribution in [0.4, 0.5) is 5.69 Å². The van der Waals surface area contributed by atoms with Crippen molar-refractivity contribution in [3.8, 4) is 0 Å². The summed E-state index contributed by atoms with van der Waals surface area (Å²) in [4.78, 5) is 39.3. The molecule has 26 heavy (non-hydrogen) atoms. The highest BCUT2D eigenvalue weighted by molar-refractivity contribution is 6.30. The molecule has 0 aliphatic carbocycles. The van der Waals surface area contributed by atoms with Gasteiger partial charge in [0, 0.05) is 16.9 Å². The molecule has 0 saturated heterocycles. The van der Waals surface area contributed by atoms with Crippen molar-refractivity contribution in [2.45, 2.75) is 13.8 Å². The van der Waals surface area contributed by atoms with E-state index < -0.39 is 24.4 Å². The molecule has 0 radical (unpaired) electrons. The summed E-state index contributed by atoms with van der Waals surface area (Å²) in [6, 6.07) is 8.53.